The summed E-state index contributed by atoms with van der Waals surface area (Å²) in [5, 5.41) is 4.23. The molecule has 186 valence electrons. The van der Waals surface area contributed by atoms with Gasteiger partial charge in [-0.25, -0.2) is 4.39 Å². The average molecular weight is 499 g/mol. The Kier molecular flexibility index (Phi) is 6.55. The van der Waals surface area contributed by atoms with Crippen LogP contribution in [0.1, 0.15) is 46.8 Å². The Morgan fingerprint density at radius 3 is 2.69 bits per heavy atom. The van der Waals surface area contributed by atoms with E-state index in [-0.39, 0.29) is 38.1 Å². The van der Waals surface area contributed by atoms with E-state index in [2.05, 4.69) is 10.6 Å². The van der Waals surface area contributed by atoms with Crippen molar-refractivity contribution in [2.75, 3.05) is 6.61 Å². The van der Waals surface area contributed by atoms with E-state index in [1.807, 2.05) is 0 Å². The van der Waals surface area contributed by atoms with Crippen LogP contribution in [0.4, 0.5) is 13.2 Å². The van der Waals surface area contributed by atoms with Crippen LogP contribution in [0.5, 0.6) is 5.75 Å². The van der Waals surface area contributed by atoms with Gasteiger partial charge in [-0.1, -0.05) is 18.2 Å². The minimum atomic E-state index is -4.21. The lowest BCUT2D eigenvalue weighted by Crippen LogP contribution is -2.63. The monoisotopic (exact) mass is 499 g/mol. The number of hydrogen-bond donors (Lipinski definition) is 2. The van der Waals surface area contributed by atoms with E-state index in [4.69, 9.17) is 12.6 Å². The number of hydrogen-bond acceptors (Lipinski definition) is 5. The molecule has 12 heteroatoms. The molecule has 2 aliphatic heterocycles. The topological polar surface area (TPSA) is 105 Å². The smallest absolute Gasteiger partial charge is 0.356 e. The molecule has 0 aliphatic carbocycles. The number of piperidine rings is 1. The van der Waals surface area contributed by atoms with Crippen LogP contribution >= 0.6 is 0 Å². The van der Waals surface area contributed by atoms with Crippen molar-refractivity contribution in [2.45, 2.75) is 44.2 Å². The van der Waals surface area contributed by atoms with E-state index < -0.39 is 52.1 Å². The van der Waals surface area contributed by atoms with Crippen molar-refractivity contribution >= 4 is 31.5 Å². The number of alkyl halides is 2. The van der Waals surface area contributed by atoms with Crippen LogP contribution in [0, 0.1) is 5.82 Å². The van der Waals surface area contributed by atoms with Gasteiger partial charge in [0.25, 0.3) is 11.8 Å². The summed E-state index contributed by atoms with van der Waals surface area (Å²) in [6.45, 7) is 1.16. The molecule has 2 radical (unpaired) electrons. The van der Waals surface area contributed by atoms with Crippen LogP contribution in [-0.2, 0) is 33.4 Å². The van der Waals surface area contributed by atoms with Crippen molar-refractivity contribution in [3.8, 4) is 5.75 Å². The second kappa shape index (κ2) is 9.32. The fourth-order valence-corrected chi connectivity index (χ4v) is 4.27. The molecule has 2 heterocycles. The Morgan fingerprint density at radius 1 is 1.25 bits per heavy atom. The number of carbonyl (C=O) groups excluding carboxylic acids is 4. The molecule has 0 aromatic heterocycles. The Bertz CT molecular complexity index is 1270. The van der Waals surface area contributed by atoms with E-state index >= 15 is 0 Å². The van der Waals surface area contributed by atoms with Crippen molar-refractivity contribution < 1.29 is 37.1 Å². The third-order valence-electron chi connectivity index (χ3n) is 6.16. The summed E-state index contributed by atoms with van der Waals surface area (Å²) in [4.78, 5) is 50.2. The molecular formula is C24H21BF3N3O5. The van der Waals surface area contributed by atoms with Crippen LogP contribution in [0.3, 0.4) is 0 Å². The van der Waals surface area contributed by atoms with E-state index in [1.165, 1.54) is 24.3 Å². The molecule has 1 fully saturated rings. The standard InChI is InChI=1S/C24H21BF3N3O5/c1-2-36-17-5-3-4-16(26)19(17)24(27,28)22(35)29-11-13-6-7-15-14(10-13)12-31(20(15)33)23(25)9-8-18(32)30-21(23)34/h3-7,10H,2,8-9,11-12H2,1H3,(H,29,35)(H,30,32,34)/t23-/m1/s1. The van der Waals surface area contributed by atoms with Crippen molar-refractivity contribution in [2.24, 2.45) is 0 Å². The van der Waals surface area contributed by atoms with Crippen LogP contribution < -0.4 is 15.4 Å². The Balaban J connectivity index is 1.49. The van der Waals surface area contributed by atoms with Crippen molar-refractivity contribution in [3.63, 3.8) is 0 Å². The molecule has 4 amide bonds. The van der Waals surface area contributed by atoms with Gasteiger partial charge in [0.2, 0.25) is 11.8 Å². The molecule has 2 aromatic rings. The number of nitrogens with one attached hydrogen (secondary N) is 2. The van der Waals surface area contributed by atoms with Crippen molar-refractivity contribution in [3.05, 3.63) is 64.5 Å². The maximum absolute atomic E-state index is 14.9. The second-order valence-electron chi connectivity index (χ2n) is 8.49. The van der Waals surface area contributed by atoms with Gasteiger partial charge in [0, 0.05) is 25.1 Å². The second-order valence-corrected chi connectivity index (χ2v) is 8.49. The van der Waals surface area contributed by atoms with E-state index in [0.717, 1.165) is 17.0 Å². The van der Waals surface area contributed by atoms with Crippen LogP contribution in [0.25, 0.3) is 0 Å². The third kappa shape index (κ3) is 4.31. The minimum absolute atomic E-state index is 0.00106. The lowest BCUT2D eigenvalue weighted by molar-refractivity contribution is -0.147. The number of imide groups is 1. The molecule has 1 atom stereocenters. The summed E-state index contributed by atoms with van der Waals surface area (Å²) < 4.78 is 49.0. The highest BCUT2D eigenvalue weighted by Gasteiger charge is 2.48. The first-order valence-corrected chi connectivity index (χ1v) is 11.1. The molecule has 0 unspecified atom stereocenters. The first kappa shape index (κ1) is 25.3. The van der Waals surface area contributed by atoms with Crippen LogP contribution in [-0.4, -0.2) is 48.4 Å². The highest BCUT2D eigenvalue weighted by atomic mass is 19.3. The van der Waals surface area contributed by atoms with Crippen molar-refractivity contribution in [1.29, 1.82) is 0 Å². The van der Waals surface area contributed by atoms with Gasteiger partial charge in [0.1, 0.15) is 25.0 Å². The molecule has 2 N–H and O–H groups in total. The molecule has 4 rings (SSSR count). The largest absolute Gasteiger partial charge is 0.493 e. The Morgan fingerprint density at radius 2 is 2.00 bits per heavy atom. The van der Waals surface area contributed by atoms with Gasteiger partial charge in [-0.05, 0) is 42.7 Å². The molecule has 2 aromatic carbocycles. The number of fused-ring (bicyclic) bond motifs is 1. The average Bonchev–Trinajstić information content (AvgIpc) is 3.16. The van der Waals surface area contributed by atoms with E-state index in [9.17, 15) is 32.3 Å². The predicted molar refractivity (Wildman–Crippen MR) is 120 cm³/mol. The van der Waals surface area contributed by atoms with Gasteiger partial charge in [-0.2, -0.15) is 8.78 Å². The zero-order valence-corrected chi connectivity index (χ0v) is 19.2. The highest BCUT2D eigenvalue weighted by Crippen LogP contribution is 2.38. The van der Waals surface area contributed by atoms with E-state index in [0.29, 0.717) is 11.1 Å². The van der Waals surface area contributed by atoms with Crippen LogP contribution in [0.2, 0.25) is 0 Å². The lowest BCUT2D eigenvalue weighted by Gasteiger charge is -2.40. The van der Waals surface area contributed by atoms with Gasteiger partial charge in [0.15, 0.2) is 0 Å². The summed E-state index contributed by atoms with van der Waals surface area (Å²) in [6, 6.07) is 7.59. The molecular weight excluding hydrogens is 478 g/mol. The summed E-state index contributed by atoms with van der Waals surface area (Å²) in [6.07, 6.45) is -0.0734. The summed E-state index contributed by atoms with van der Waals surface area (Å²) in [5.74, 6) is -9.42. The molecule has 2 aliphatic rings. The van der Waals surface area contributed by atoms with Gasteiger partial charge in [-0.3, -0.25) is 24.5 Å². The number of nitrogens with zero attached hydrogens (tertiary/aromatic N) is 1. The van der Waals surface area contributed by atoms with Gasteiger partial charge in [-0.15, -0.1) is 0 Å². The summed E-state index contributed by atoms with van der Waals surface area (Å²) in [5.41, 5.74) is -1.74. The van der Waals surface area contributed by atoms with Gasteiger partial charge in [0.05, 0.1) is 12.0 Å². The minimum Gasteiger partial charge on any atom is -0.493 e. The van der Waals surface area contributed by atoms with Gasteiger partial charge < -0.3 is 15.0 Å². The number of ether oxygens (including phenoxy) is 1. The van der Waals surface area contributed by atoms with E-state index in [1.54, 1.807) is 6.92 Å². The molecule has 0 spiro atoms. The molecule has 0 saturated carbocycles. The highest BCUT2D eigenvalue weighted by molar-refractivity contribution is 6.32. The summed E-state index contributed by atoms with van der Waals surface area (Å²) in [7, 11) is 6.19. The van der Waals surface area contributed by atoms with Crippen molar-refractivity contribution in [1.82, 2.24) is 15.5 Å². The van der Waals surface area contributed by atoms with Gasteiger partial charge >= 0.3 is 5.92 Å². The number of amides is 4. The first-order chi connectivity index (χ1) is 17.0. The molecule has 36 heavy (non-hydrogen) atoms. The number of benzene rings is 2. The number of halogens is 3. The first-order valence-electron chi connectivity index (χ1n) is 11.1. The zero-order valence-electron chi connectivity index (χ0n) is 19.2. The number of carbonyl (C=O) groups is 4. The maximum Gasteiger partial charge on any atom is 0.356 e. The molecule has 0 bridgehead atoms. The maximum atomic E-state index is 14.9. The predicted octanol–water partition coefficient (Wildman–Crippen LogP) is 1.89. The normalized spacial score (nSPS) is 19.7. The SMILES string of the molecule is [B][C@@]1(N2Cc3cc(CNC(=O)C(F)(F)c4c(F)cccc4OCC)ccc3C2=O)CCC(=O)NC1=O. The number of rotatable bonds is 7. The zero-order chi connectivity index (χ0) is 26.3. The Labute approximate surface area is 205 Å². The Hall–Kier alpha value is -3.83. The fourth-order valence-electron chi connectivity index (χ4n) is 4.27. The quantitative estimate of drug-likeness (QED) is 0.448. The molecule has 8 nitrogen and oxygen atoms in total. The summed E-state index contributed by atoms with van der Waals surface area (Å²) >= 11 is 0. The lowest BCUT2D eigenvalue weighted by atomic mass is 9.70. The molecule has 1 saturated heterocycles. The third-order valence-corrected chi connectivity index (χ3v) is 6.16. The van der Waals surface area contributed by atoms with Crippen LogP contribution in [0.15, 0.2) is 36.4 Å². The fraction of sp³-hybridized carbons (Fsp3) is 0.333.